The average molecular weight is 236 g/mol. The van der Waals surface area contributed by atoms with Gasteiger partial charge in [0.1, 0.15) is 0 Å². The maximum absolute atomic E-state index is 3.90. The molecule has 1 rings (SSSR count). The molecule has 100 valence electrons. The summed E-state index contributed by atoms with van der Waals surface area (Å²) in [5, 5.41) is 0. The van der Waals surface area contributed by atoms with E-state index in [4.69, 9.17) is 0 Å². The summed E-state index contributed by atoms with van der Waals surface area (Å²) in [5.41, 5.74) is 2.55. The highest BCUT2D eigenvalue weighted by Gasteiger charge is 2.05. The maximum Gasteiger partial charge on any atom is -0.0282 e. The molecule has 0 atom stereocenters. The van der Waals surface area contributed by atoms with Gasteiger partial charge < -0.3 is 0 Å². The Morgan fingerprint density at radius 2 is 1.06 bits per heavy atom. The number of hydrogen-bond acceptors (Lipinski definition) is 0. The minimum absolute atomic E-state index is 1.18. The van der Waals surface area contributed by atoms with Crippen LogP contribution in [0.5, 0.6) is 0 Å². The van der Waals surface area contributed by atoms with Crippen molar-refractivity contribution >= 4 is 0 Å². The first-order chi connectivity index (χ1) is 8.22. The third-order valence-electron chi connectivity index (χ3n) is 3.41. The largest absolute Gasteiger partial charge is 0.0956 e. The summed E-state index contributed by atoms with van der Waals surface area (Å²) >= 11 is 0. The van der Waals surface area contributed by atoms with E-state index in [-0.39, 0.29) is 0 Å². The minimum atomic E-state index is 1.18. The minimum Gasteiger partial charge on any atom is -0.0956 e. The molecule has 1 aliphatic carbocycles. The van der Waals surface area contributed by atoms with Crippen LogP contribution in [-0.2, 0) is 0 Å². The lowest BCUT2D eigenvalue weighted by molar-refractivity contribution is 0.602. The van der Waals surface area contributed by atoms with E-state index >= 15 is 0 Å². The highest BCUT2D eigenvalue weighted by molar-refractivity contribution is 5.26. The molecule has 1 fully saturated rings. The molecule has 17 heavy (non-hydrogen) atoms. The smallest absolute Gasteiger partial charge is 0.0282 e. The van der Waals surface area contributed by atoms with Gasteiger partial charge in [0.25, 0.3) is 0 Å². The van der Waals surface area contributed by atoms with Gasteiger partial charge in [-0.2, -0.15) is 0 Å². The molecule has 0 heteroatoms. The molecule has 1 aliphatic rings. The maximum atomic E-state index is 3.90. The Kier molecular flexibility index (Phi) is 11.6. The molecule has 0 nitrogen and oxygen atoms in total. The van der Waals surface area contributed by atoms with Gasteiger partial charge in [0.15, 0.2) is 0 Å². The Labute approximate surface area is 109 Å². The lowest BCUT2D eigenvalue weighted by Gasteiger charge is -2.14. The normalized spacial score (nSPS) is 15.4. The molecule has 0 amide bonds. The highest BCUT2D eigenvalue weighted by Crippen LogP contribution is 2.24. The first-order valence-corrected chi connectivity index (χ1v) is 7.58. The van der Waals surface area contributed by atoms with Gasteiger partial charge in [0, 0.05) is 0 Å². The van der Waals surface area contributed by atoms with E-state index in [1.54, 1.807) is 0 Å². The summed E-state index contributed by atoms with van der Waals surface area (Å²) in [4.78, 5) is 0. The second-order valence-electron chi connectivity index (χ2n) is 5.18. The van der Waals surface area contributed by atoms with Crippen LogP contribution in [0.25, 0.3) is 0 Å². The Morgan fingerprint density at radius 1 is 0.706 bits per heavy atom. The summed E-state index contributed by atoms with van der Waals surface area (Å²) in [6.45, 7) is 12.3. The quantitative estimate of drug-likeness (QED) is 0.466. The molecule has 0 aromatic rings. The fraction of sp³-hybridized carbons (Fsp3) is 0.765. The number of unbranched alkanes of at least 4 members (excludes halogenated alkanes) is 6. The predicted molar refractivity (Wildman–Crippen MR) is 80.4 cm³/mol. The standard InChI is InChI=1S/C9H20.C8H12/c1-3-5-7-9-8-6-4-2;1-7-5-3-4-6-8(7)2/h3-9H2,1-2H3;1-6H2. The molecule has 0 aromatic heterocycles. The van der Waals surface area contributed by atoms with Crippen molar-refractivity contribution in [1.29, 1.82) is 0 Å². The van der Waals surface area contributed by atoms with Crippen molar-refractivity contribution in [2.75, 3.05) is 0 Å². The zero-order valence-corrected chi connectivity index (χ0v) is 12.2. The van der Waals surface area contributed by atoms with Crippen molar-refractivity contribution in [2.24, 2.45) is 0 Å². The molecule has 0 aromatic carbocycles. The van der Waals surface area contributed by atoms with E-state index in [2.05, 4.69) is 27.0 Å². The van der Waals surface area contributed by atoms with Crippen molar-refractivity contribution in [3.05, 3.63) is 24.3 Å². The van der Waals surface area contributed by atoms with E-state index < -0.39 is 0 Å². The van der Waals surface area contributed by atoms with Crippen LogP contribution in [0.15, 0.2) is 24.3 Å². The monoisotopic (exact) mass is 236 g/mol. The van der Waals surface area contributed by atoms with E-state index in [0.717, 1.165) is 0 Å². The van der Waals surface area contributed by atoms with Gasteiger partial charge in [-0.1, -0.05) is 83.1 Å². The predicted octanol–water partition coefficient (Wildman–Crippen LogP) is 6.43. The number of hydrogen-bond donors (Lipinski definition) is 0. The molecule has 0 bridgehead atoms. The van der Waals surface area contributed by atoms with Gasteiger partial charge in [-0.05, 0) is 25.7 Å². The molecule has 0 saturated heterocycles. The summed E-state index contributed by atoms with van der Waals surface area (Å²) in [6.07, 6.45) is 15.0. The first-order valence-electron chi connectivity index (χ1n) is 7.58. The third-order valence-corrected chi connectivity index (χ3v) is 3.41. The summed E-state index contributed by atoms with van der Waals surface area (Å²) < 4.78 is 0. The Balaban J connectivity index is 0.000000302. The van der Waals surface area contributed by atoms with Gasteiger partial charge in [-0.15, -0.1) is 0 Å². The van der Waals surface area contributed by atoms with Crippen LogP contribution in [0.4, 0.5) is 0 Å². The van der Waals surface area contributed by atoms with E-state index in [1.165, 1.54) is 81.8 Å². The van der Waals surface area contributed by atoms with E-state index in [0.29, 0.717) is 0 Å². The zero-order chi connectivity index (χ0) is 12.9. The second kappa shape index (κ2) is 12.0. The first kappa shape index (κ1) is 16.5. The molecule has 0 aliphatic heterocycles. The lowest BCUT2D eigenvalue weighted by atomic mass is 9.92. The van der Waals surface area contributed by atoms with Crippen LogP contribution >= 0.6 is 0 Å². The van der Waals surface area contributed by atoms with Crippen LogP contribution in [0.2, 0.25) is 0 Å². The highest BCUT2D eigenvalue weighted by atomic mass is 14.1. The second-order valence-corrected chi connectivity index (χ2v) is 5.18. The molecular formula is C17H32. The Bertz CT molecular complexity index is 178. The molecule has 0 N–H and O–H groups in total. The van der Waals surface area contributed by atoms with E-state index in [9.17, 15) is 0 Å². The molecule has 0 unspecified atom stereocenters. The molecule has 0 spiro atoms. The average Bonchev–Trinajstić information content (AvgIpc) is 2.34. The zero-order valence-electron chi connectivity index (χ0n) is 12.2. The molecular weight excluding hydrogens is 204 g/mol. The fourth-order valence-electron chi connectivity index (χ4n) is 2.06. The van der Waals surface area contributed by atoms with Crippen LogP contribution < -0.4 is 0 Å². The van der Waals surface area contributed by atoms with Gasteiger partial charge in [-0.25, -0.2) is 0 Å². The summed E-state index contributed by atoms with van der Waals surface area (Å²) in [7, 11) is 0. The summed E-state index contributed by atoms with van der Waals surface area (Å²) in [5.74, 6) is 0. The Hall–Kier alpha value is -0.520. The van der Waals surface area contributed by atoms with Crippen molar-refractivity contribution in [1.82, 2.24) is 0 Å². The molecule has 0 heterocycles. The van der Waals surface area contributed by atoms with Gasteiger partial charge in [0.2, 0.25) is 0 Å². The van der Waals surface area contributed by atoms with Gasteiger partial charge in [-0.3, -0.25) is 0 Å². The van der Waals surface area contributed by atoms with Crippen molar-refractivity contribution in [3.8, 4) is 0 Å². The van der Waals surface area contributed by atoms with Crippen LogP contribution in [0.3, 0.4) is 0 Å². The van der Waals surface area contributed by atoms with Crippen LogP contribution in [0, 0.1) is 0 Å². The van der Waals surface area contributed by atoms with Crippen molar-refractivity contribution < 1.29 is 0 Å². The SMILES string of the molecule is C=C1CCCCC1=C.CCCCCCCCC. The van der Waals surface area contributed by atoms with E-state index in [1.807, 2.05) is 0 Å². The Morgan fingerprint density at radius 3 is 1.35 bits per heavy atom. The van der Waals surface area contributed by atoms with Crippen molar-refractivity contribution in [2.45, 2.75) is 84.5 Å². The lowest BCUT2D eigenvalue weighted by Crippen LogP contribution is -1.94. The van der Waals surface area contributed by atoms with Crippen LogP contribution in [-0.4, -0.2) is 0 Å². The topological polar surface area (TPSA) is 0 Å². The fourth-order valence-corrected chi connectivity index (χ4v) is 2.06. The number of allylic oxidation sites excluding steroid dienone is 2. The molecule has 1 saturated carbocycles. The van der Waals surface area contributed by atoms with Crippen LogP contribution in [0.1, 0.15) is 84.5 Å². The van der Waals surface area contributed by atoms with Gasteiger partial charge in [0.05, 0.1) is 0 Å². The molecule has 0 radical (unpaired) electrons. The van der Waals surface area contributed by atoms with Gasteiger partial charge >= 0.3 is 0 Å². The summed E-state index contributed by atoms with van der Waals surface area (Å²) in [6, 6.07) is 0. The van der Waals surface area contributed by atoms with Crippen molar-refractivity contribution in [3.63, 3.8) is 0 Å². The number of rotatable bonds is 6. The third kappa shape index (κ3) is 10.4.